The fraction of sp³-hybridized carbons (Fsp3) is 0.333. The molecule has 1 unspecified atom stereocenters. The highest BCUT2D eigenvalue weighted by Gasteiger charge is 2.35. The van der Waals surface area contributed by atoms with Crippen molar-refractivity contribution in [2.45, 2.75) is 24.3 Å². The van der Waals surface area contributed by atoms with Crippen LogP contribution in [-0.4, -0.2) is 53.9 Å². The van der Waals surface area contributed by atoms with Gasteiger partial charge in [-0.25, -0.2) is 18.4 Å². The zero-order valence-corrected chi connectivity index (χ0v) is 15.6. The molecule has 0 radical (unpaired) electrons. The molecule has 1 saturated heterocycles. The van der Waals surface area contributed by atoms with Crippen molar-refractivity contribution in [2.75, 3.05) is 25.0 Å². The zero-order chi connectivity index (χ0) is 18.3. The van der Waals surface area contributed by atoms with Crippen molar-refractivity contribution in [1.29, 1.82) is 0 Å². The highest BCUT2D eigenvalue weighted by molar-refractivity contribution is 7.89. The molecule has 1 aromatic carbocycles. The van der Waals surface area contributed by atoms with E-state index in [-0.39, 0.29) is 6.04 Å². The Morgan fingerprint density at radius 1 is 1.19 bits per heavy atom. The van der Waals surface area contributed by atoms with Crippen LogP contribution in [0.1, 0.15) is 12.0 Å². The summed E-state index contributed by atoms with van der Waals surface area (Å²) in [6, 6.07) is 9.02. The van der Waals surface area contributed by atoms with Gasteiger partial charge in [-0.15, -0.1) is 0 Å². The van der Waals surface area contributed by atoms with E-state index in [4.69, 9.17) is 0 Å². The summed E-state index contributed by atoms with van der Waals surface area (Å²) in [7, 11) is -1.51. The van der Waals surface area contributed by atoms with E-state index in [1.807, 2.05) is 38.4 Å². The maximum atomic E-state index is 12.9. The van der Waals surface area contributed by atoms with Gasteiger partial charge in [0, 0.05) is 32.4 Å². The van der Waals surface area contributed by atoms with Crippen LogP contribution < -0.4 is 4.90 Å². The number of nitrogens with zero attached hydrogens (tertiary/aromatic N) is 4. The summed E-state index contributed by atoms with van der Waals surface area (Å²) in [5.41, 5.74) is 1.83. The number of fused-ring (bicyclic) bond motifs is 1. The monoisotopic (exact) mass is 371 g/mol. The third-order valence-corrected chi connectivity index (χ3v) is 6.88. The van der Waals surface area contributed by atoms with Gasteiger partial charge in [0.25, 0.3) is 0 Å². The quantitative estimate of drug-likeness (QED) is 0.760. The number of H-pyrrole nitrogens is 1. The minimum Gasteiger partial charge on any atom is -0.355 e. The number of aryl methyl sites for hydroxylation is 1. The minimum atomic E-state index is -3.47. The van der Waals surface area contributed by atoms with E-state index in [2.05, 4.69) is 19.9 Å². The van der Waals surface area contributed by atoms with E-state index in [1.54, 1.807) is 16.4 Å². The number of hydrogen-bond acceptors (Lipinski definition) is 5. The molecule has 3 heterocycles. The molecule has 4 rings (SSSR count). The maximum absolute atomic E-state index is 12.9. The lowest BCUT2D eigenvalue weighted by Gasteiger charge is -2.26. The van der Waals surface area contributed by atoms with E-state index in [0.717, 1.165) is 28.8 Å². The second-order valence-corrected chi connectivity index (χ2v) is 8.60. The van der Waals surface area contributed by atoms with Gasteiger partial charge in [-0.1, -0.05) is 17.7 Å². The van der Waals surface area contributed by atoms with Crippen LogP contribution in [0.3, 0.4) is 0 Å². The van der Waals surface area contributed by atoms with Crippen LogP contribution >= 0.6 is 0 Å². The summed E-state index contributed by atoms with van der Waals surface area (Å²) >= 11 is 0. The summed E-state index contributed by atoms with van der Waals surface area (Å²) < 4.78 is 27.4. The SMILES string of the molecule is Cc1ccc(S(=O)(=O)N2CCC(N(C)c3ncnc4[nH]ccc34)C2)cc1. The molecule has 1 N–H and O–H groups in total. The molecule has 0 aliphatic carbocycles. The van der Waals surface area contributed by atoms with Crippen molar-refractivity contribution in [3.63, 3.8) is 0 Å². The zero-order valence-electron chi connectivity index (χ0n) is 14.8. The molecule has 136 valence electrons. The maximum Gasteiger partial charge on any atom is 0.243 e. The topological polar surface area (TPSA) is 82.2 Å². The second kappa shape index (κ2) is 6.37. The summed E-state index contributed by atoms with van der Waals surface area (Å²) in [6.45, 7) is 2.90. The van der Waals surface area contributed by atoms with Crippen LogP contribution in [0, 0.1) is 6.92 Å². The number of aromatic nitrogens is 3. The minimum absolute atomic E-state index is 0.0724. The molecule has 1 aliphatic heterocycles. The molecule has 2 aromatic heterocycles. The number of rotatable bonds is 4. The number of aromatic amines is 1. The number of sulfonamides is 1. The molecule has 1 atom stereocenters. The number of benzene rings is 1. The molecule has 0 saturated carbocycles. The lowest BCUT2D eigenvalue weighted by Crippen LogP contribution is -2.37. The average Bonchev–Trinajstić information content (AvgIpc) is 3.31. The number of anilines is 1. The Labute approximate surface area is 152 Å². The van der Waals surface area contributed by atoms with Gasteiger partial charge in [0.1, 0.15) is 17.8 Å². The van der Waals surface area contributed by atoms with Gasteiger partial charge < -0.3 is 9.88 Å². The van der Waals surface area contributed by atoms with Crippen LogP contribution in [-0.2, 0) is 10.0 Å². The highest BCUT2D eigenvalue weighted by atomic mass is 32.2. The molecule has 26 heavy (non-hydrogen) atoms. The van der Waals surface area contributed by atoms with Crippen molar-refractivity contribution in [1.82, 2.24) is 19.3 Å². The predicted molar refractivity (Wildman–Crippen MR) is 101 cm³/mol. The van der Waals surface area contributed by atoms with Crippen molar-refractivity contribution in [3.05, 3.63) is 48.4 Å². The van der Waals surface area contributed by atoms with Crippen LogP contribution in [0.2, 0.25) is 0 Å². The standard InChI is InChI=1S/C18H21N5O2S/c1-13-3-5-15(6-4-13)26(24,25)23-10-8-14(11-23)22(2)18-16-7-9-19-17(16)20-12-21-18/h3-7,9,12,14H,8,10-11H2,1-2H3,(H,19,20,21). The first-order valence-corrected chi connectivity index (χ1v) is 9.98. The smallest absolute Gasteiger partial charge is 0.243 e. The van der Waals surface area contributed by atoms with Gasteiger partial charge in [0.2, 0.25) is 10.0 Å². The van der Waals surface area contributed by atoms with E-state index in [0.29, 0.717) is 18.0 Å². The first-order valence-electron chi connectivity index (χ1n) is 8.54. The molecule has 1 fully saturated rings. The van der Waals surface area contributed by atoms with Gasteiger partial charge >= 0.3 is 0 Å². The Morgan fingerprint density at radius 2 is 1.96 bits per heavy atom. The largest absolute Gasteiger partial charge is 0.355 e. The average molecular weight is 371 g/mol. The number of hydrogen-bond donors (Lipinski definition) is 1. The summed E-state index contributed by atoms with van der Waals surface area (Å²) in [4.78, 5) is 14.1. The summed E-state index contributed by atoms with van der Waals surface area (Å²) in [5.74, 6) is 0.816. The van der Waals surface area contributed by atoms with E-state index in [9.17, 15) is 8.42 Å². The van der Waals surface area contributed by atoms with Gasteiger partial charge in [-0.05, 0) is 31.5 Å². The van der Waals surface area contributed by atoms with Crippen LogP contribution in [0.25, 0.3) is 11.0 Å². The van der Waals surface area contributed by atoms with Crippen LogP contribution in [0.5, 0.6) is 0 Å². The summed E-state index contributed by atoms with van der Waals surface area (Å²) in [5, 5.41) is 0.940. The third kappa shape index (κ3) is 2.85. The van der Waals surface area contributed by atoms with Gasteiger partial charge in [-0.3, -0.25) is 0 Å². The fourth-order valence-corrected chi connectivity index (χ4v) is 4.91. The Balaban J connectivity index is 1.56. The van der Waals surface area contributed by atoms with Crippen molar-refractivity contribution < 1.29 is 8.42 Å². The molecule has 8 heteroatoms. The first-order chi connectivity index (χ1) is 12.5. The Kier molecular flexibility index (Phi) is 4.16. The molecule has 3 aromatic rings. The molecule has 0 amide bonds. The molecule has 7 nitrogen and oxygen atoms in total. The predicted octanol–water partition coefficient (Wildman–Crippen LogP) is 2.17. The van der Waals surface area contributed by atoms with Crippen LogP contribution in [0.15, 0.2) is 47.8 Å². The highest BCUT2D eigenvalue weighted by Crippen LogP contribution is 2.28. The van der Waals surface area contributed by atoms with E-state index >= 15 is 0 Å². The molecule has 1 aliphatic rings. The van der Waals surface area contributed by atoms with E-state index in [1.165, 1.54) is 6.33 Å². The Bertz CT molecular complexity index is 1030. The van der Waals surface area contributed by atoms with Gasteiger partial charge in [-0.2, -0.15) is 4.31 Å². The van der Waals surface area contributed by atoms with E-state index < -0.39 is 10.0 Å². The summed E-state index contributed by atoms with van der Waals surface area (Å²) in [6.07, 6.45) is 4.12. The third-order valence-electron chi connectivity index (χ3n) is 5.00. The molecule has 0 bridgehead atoms. The Hall–Kier alpha value is -2.45. The lowest BCUT2D eigenvalue weighted by atomic mass is 10.2. The first kappa shape index (κ1) is 17.0. The van der Waals surface area contributed by atoms with Crippen LogP contribution in [0.4, 0.5) is 5.82 Å². The normalized spacial score (nSPS) is 18.5. The van der Waals surface area contributed by atoms with Crippen molar-refractivity contribution in [2.24, 2.45) is 0 Å². The Morgan fingerprint density at radius 3 is 2.73 bits per heavy atom. The fourth-order valence-electron chi connectivity index (χ4n) is 3.42. The van der Waals surface area contributed by atoms with Gasteiger partial charge in [0.05, 0.1) is 10.3 Å². The molecular weight excluding hydrogens is 350 g/mol. The van der Waals surface area contributed by atoms with Gasteiger partial charge in [0.15, 0.2) is 0 Å². The van der Waals surface area contributed by atoms with Crippen molar-refractivity contribution >= 4 is 26.9 Å². The number of likely N-dealkylation sites (N-methyl/N-ethyl adjacent to an activating group) is 1. The van der Waals surface area contributed by atoms with Crippen molar-refractivity contribution in [3.8, 4) is 0 Å². The second-order valence-electron chi connectivity index (χ2n) is 6.67. The molecular formula is C18H21N5O2S. The molecule has 0 spiro atoms. The lowest BCUT2D eigenvalue weighted by molar-refractivity contribution is 0.470. The number of nitrogens with one attached hydrogen (secondary N) is 1.